The number of amides is 2. The van der Waals surface area contributed by atoms with Crippen molar-refractivity contribution in [3.05, 3.63) is 40.6 Å². The first-order valence-corrected chi connectivity index (χ1v) is 8.51. The van der Waals surface area contributed by atoms with Gasteiger partial charge in [-0.05, 0) is 53.0 Å². The van der Waals surface area contributed by atoms with Crippen molar-refractivity contribution in [2.75, 3.05) is 23.9 Å². The van der Waals surface area contributed by atoms with E-state index in [1.807, 2.05) is 0 Å². The van der Waals surface area contributed by atoms with Crippen LogP contribution in [0.15, 0.2) is 34.9 Å². The molecule has 0 bridgehead atoms. The molecule has 2 N–H and O–H groups in total. The maximum atomic E-state index is 12.3. The first-order chi connectivity index (χ1) is 11.6. The summed E-state index contributed by atoms with van der Waals surface area (Å²) < 4.78 is 6.18. The summed E-state index contributed by atoms with van der Waals surface area (Å²) in [6.07, 6.45) is 4.11. The van der Waals surface area contributed by atoms with Crippen LogP contribution >= 0.6 is 15.9 Å². The fourth-order valence-corrected chi connectivity index (χ4v) is 3.08. The summed E-state index contributed by atoms with van der Waals surface area (Å²) in [7, 11) is 1.57. The first kappa shape index (κ1) is 16.6. The smallest absolute Gasteiger partial charge is 0.272 e. The fourth-order valence-electron chi connectivity index (χ4n) is 2.74. The standard InChI is InChI=1S/C17H18BrN3O3/c1-24-15-6-5-12(20-17(23)13-8-11(18)10-19-13)9-14(15)21-7-3-2-4-16(21)22/h5-6,8-10,19H,2-4,7H2,1H3,(H,20,23). The number of carbonyl (C=O) groups excluding carboxylic acids is 2. The van der Waals surface area contributed by atoms with Crippen LogP contribution < -0.4 is 15.0 Å². The minimum atomic E-state index is -0.248. The van der Waals surface area contributed by atoms with Gasteiger partial charge < -0.3 is 19.9 Å². The van der Waals surface area contributed by atoms with E-state index in [1.54, 1.807) is 42.5 Å². The zero-order chi connectivity index (χ0) is 17.1. The molecular formula is C17H18BrN3O3. The lowest BCUT2D eigenvalue weighted by atomic mass is 10.1. The van der Waals surface area contributed by atoms with Crippen LogP contribution in [0.4, 0.5) is 11.4 Å². The molecule has 24 heavy (non-hydrogen) atoms. The number of benzene rings is 1. The molecule has 3 rings (SSSR count). The van der Waals surface area contributed by atoms with Crippen LogP contribution in [-0.2, 0) is 4.79 Å². The van der Waals surface area contributed by atoms with Crippen LogP contribution in [0.2, 0.25) is 0 Å². The second-order valence-electron chi connectivity index (χ2n) is 5.57. The zero-order valence-electron chi connectivity index (χ0n) is 13.3. The van der Waals surface area contributed by atoms with Crippen molar-refractivity contribution in [3.8, 4) is 5.75 Å². The maximum absolute atomic E-state index is 12.3. The van der Waals surface area contributed by atoms with Crippen molar-refractivity contribution in [1.82, 2.24) is 4.98 Å². The van der Waals surface area contributed by atoms with Crippen LogP contribution in [0.5, 0.6) is 5.75 Å². The number of halogens is 1. The van der Waals surface area contributed by atoms with Gasteiger partial charge in [-0.1, -0.05) is 0 Å². The monoisotopic (exact) mass is 391 g/mol. The number of methoxy groups -OCH3 is 1. The number of rotatable bonds is 4. The molecule has 0 saturated carbocycles. The molecule has 0 atom stereocenters. The Morgan fingerprint density at radius 3 is 2.83 bits per heavy atom. The lowest BCUT2D eigenvalue weighted by Gasteiger charge is -2.28. The van der Waals surface area contributed by atoms with Crippen molar-refractivity contribution >= 4 is 39.1 Å². The number of aromatic nitrogens is 1. The number of nitrogens with one attached hydrogen (secondary N) is 2. The van der Waals surface area contributed by atoms with Gasteiger partial charge in [-0.15, -0.1) is 0 Å². The topological polar surface area (TPSA) is 74.4 Å². The average Bonchev–Trinajstić information content (AvgIpc) is 3.02. The SMILES string of the molecule is COc1ccc(NC(=O)c2cc(Br)c[nH]2)cc1N1CCCCC1=O. The van der Waals surface area contributed by atoms with Gasteiger partial charge in [0.05, 0.1) is 12.8 Å². The normalized spacial score (nSPS) is 14.6. The van der Waals surface area contributed by atoms with E-state index in [2.05, 4.69) is 26.2 Å². The van der Waals surface area contributed by atoms with Gasteiger partial charge in [-0.25, -0.2) is 0 Å². The molecular weight excluding hydrogens is 374 g/mol. The van der Waals surface area contributed by atoms with Crippen molar-refractivity contribution < 1.29 is 14.3 Å². The number of carbonyl (C=O) groups is 2. The number of anilines is 2. The maximum Gasteiger partial charge on any atom is 0.272 e. The second-order valence-corrected chi connectivity index (χ2v) is 6.49. The number of aromatic amines is 1. The highest BCUT2D eigenvalue weighted by Crippen LogP contribution is 2.33. The van der Waals surface area contributed by atoms with E-state index in [4.69, 9.17) is 4.74 Å². The molecule has 0 aliphatic carbocycles. The Morgan fingerprint density at radius 1 is 1.33 bits per heavy atom. The van der Waals surface area contributed by atoms with Crippen molar-refractivity contribution in [2.24, 2.45) is 0 Å². The quantitative estimate of drug-likeness (QED) is 0.836. The van der Waals surface area contributed by atoms with Crippen LogP contribution in [0, 0.1) is 0 Å². The van der Waals surface area contributed by atoms with E-state index in [1.165, 1.54) is 0 Å². The van der Waals surface area contributed by atoms with Crippen LogP contribution in [0.1, 0.15) is 29.8 Å². The van der Waals surface area contributed by atoms with Gasteiger partial charge in [-0.3, -0.25) is 9.59 Å². The van der Waals surface area contributed by atoms with E-state index in [9.17, 15) is 9.59 Å². The van der Waals surface area contributed by atoms with Gasteiger partial charge >= 0.3 is 0 Å². The van der Waals surface area contributed by atoms with E-state index >= 15 is 0 Å². The molecule has 1 saturated heterocycles. The number of nitrogens with zero attached hydrogens (tertiary/aromatic N) is 1. The van der Waals surface area contributed by atoms with Crippen molar-refractivity contribution in [1.29, 1.82) is 0 Å². The van der Waals surface area contributed by atoms with Gasteiger partial charge in [0.15, 0.2) is 0 Å². The van der Waals surface area contributed by atoms with Gasteiger partial charge in [0.2, 0.25) is 5.91 Å². The van der Waals surface area contributed by atoms with E-state index in [0.29, 0.717) is 35.8 Å². The second kappa shape index (κ2) is 7.09. The third-order valence-electron chi connectivity index (χ3n) is 3.94. The summed E-state index contributed by atoms with van der Waals surface area (Å²) in [6.45, 7) is 0.663. The highest BCUT2D eigenvalue weighted by atomic mass is 79.9. The number of H-pyrrole nitrogens is 1. The molecule has 2 amide bonds. The Balaban J connectivity index is 1.85. The Labute approximate surface area is 148 Å². The van der Waals surface area contributed by atoms with Gasteiger partial charge in [-0.2, -0.15) is 0 Å². The predicted molar refractivity (Wildman–Crippen MR) is 95.6 cm³/mol. The Kier molecular flexibility index (Phi) is 4.89. The number of hydrogen-bond acceptors (Lipinski definition) is 3. The summed E-state index contributed by atoms with van der Waals surface area (Å²) in [4.78, 5) is 29.1. The molecule has 126 valence electrons. The largest absolute Gasteiger partial charge is 0.495 e. The molecule has 2 heterocycles. The molecule has 0 radical (unpaired) electrons. The van der Waals surface area contributed by atoms with E-state index in [-0.39, 0.29) is 11.8 Å². The third-order valence-corrected chi connectivity index (χ3v) is 4.40. The minimum absolute atomic E-state index is 0.0799. The summed E-state index contributed by atoms with van der Waals surface area (Å²) in [5.74, 6) is 0.448. The highest BCUT2D eigenvalue weighted by molar-refractivity contribution is 9.10. The highest BCUT2D eigenvalue weighted by Gasteiger charge is 2.23. The molecule has 1 fully saturated rings. The minimum Gasteiger partial charge on any atom is -0.495 e. The lowest BCUT2D eigenvalue weighted by Crippen LogP contribution is -2.35. The third kappa shape index (κ3) is 3.46. The van der Waals surface area contributed by atoms with Crippen molar-refractivity contribution in [2.45, 2.75) is 19.3 Å². The zero-order valence-corrected chi connectivity index (χ0v) is 14.9. The van der Waals surface area contributed by atoms with Gasteiger partial charge in [0.1, 0.15) is 11.4 Å². The average molecular weight is 392 g/mol. The molecule has 0 unspecified atom stereocenters. The Bertz CT molecular complexity index is 772. The molecule has 1 aliphatic heterocycles. The Hall–Kier alpha value is -2.28. The molecule has 1 aromatic heterocycles. The first-order valence-electron chi connectivity index (χ1n) is 7.72. The van der Waals surface area contributed by atoms with Gasteiger partial charge in [0, 0.05) is 29.3 Å². The summed E-state index contributed by atoms with van der Waals surface area (Å²) in [5.41, 5.74) is 1.75. The predicted octanol–water partition coefficient (Wildman–Crippen LogP) is 3.56. The number of hydrogen-bond donors (Lipinski definition) is 2. The number of piperidine rings is 1. The Morgan fingerprint density at radius 2 is 2.17 bits per heavy atom. The molecule has 1 aliphatic rings. The molecule has 6 nitrogen and oxygen atoms in total. The van der Waals surface area contributed by atoms with Crippen LogP contribution in [0.3, 0.4) is 0 Å². The lowest BCUT2D eigenvalue weighted by molar-refractivity contribution is -0.119. The summed E-state index contributed by atoms with van der Waals surface area (Å²) >= 11 is 3.30. The van der Waals surface area contributed by atoms with Crippen LogP contribution in [0.25, 0.3) is 0 Å². The van der Waals surface area contributed by atoms with E-state index in [0.717, 1.165) is 17.3 Å². The molecule has 0 spiro atoms. The van der Waals surface area contributed by atoms with E-state index < -0.39 is 0 Å². The van der Waals surface area contributed by atoms with Gasteiger partial charge in [0.25, 0.3) is 5.91 Å². The molecule has 1 aromatic carbocycles. The molecule has 2 aromatic rings. The summed E-state index contributed by atoms with van der Waals surface area (Å²) in [6, 6.07) is 7.00. The van der Waals surface area contributed by atoms with Crippen molar-refractivity contribution in [3.63, 3.8) is 0 Å². The number of ether oxygens (including phenoxy) is 1. The van der Waals surface area contributed by atoms with Crippen LogP contribution in [-0.4, -0.2) is 30.5 Å². The molecule has 7 heteroatoms. The fraction of sp³-hybridized carbons (Fsp3) is 0.294. The summed E-state index contributed by atoms with van der Waals surface area (Å²) in [5, 5.41) is 2.83.